The fourth-order valence-electron chi connectivity index (χ4n) is 1.84. The third-order valence-electron chi connectivity index (χ3n) is 2.95. The first-order chi connectivity index (χ1) is 10.1. The fourth-order valence-corrected chi connectivity index (χ4v) is 1.84. The molecular weight excluding hydrogens is 270 g/mol. The number of benzene rings is 2. The lowest BCUT2D eigenvalue weighted by atomic mass is 10.0. The number of alkyl carbamates (subject to hydrolysis) is 1. The van der Waals surface area contributed by atoms with E-state index in [9.17, 15) is 9.59 Å². The molecular formula is C16H15NO4. The van der Waals surface area contributed by atoms with Gasteiger partial charge in [0.15, 0.2) is 0 Å². The first-order valence-electron chi connectivity index (χ1n) is 6.28. The zero-order valence-corrected chi connectivity index (χ0v) is 11.8. The Kier molecular flexibility index (Phi) is 4.56. The average Bonchev–Trinajstić information content (AvgIpc) is 2.55. The number of hydrogen-bond acceptors (Lipinski definition) is 4. The number of amides is 2. The molecule has 0 unspecified atom stereocenters. The Labute approximate surface area is 122 Å². The molecule has 0 atom stereocenters. The molecule has 0 fully saturated rings. The van der Waals surface area contributed by atoms with Gasteiger partial charge in [0.2, 0.25) is 0 Å². The lowest BCUT2D eigenvalue weighted by molar-refractivity contribution is 0.0937. The highest BCUT2D eigenvalue weighted by atomic mass is 16.5. The molecule has 2 amide bonds. The minimum Gasteiger partial charge on any atom is -0.497 e. The fraction of sp³-hybridized carbons (Fsp3) is 0.125. The van der Waals surface area contributed by atoms with Crippen molar-refractivity contribution in [3.05, 3.63) is 54.1 Å². The lowest BCUT2D eigenvalue weighted by Crippen LogP contribution is -2.30. The standard InChI is InChI=1S/C16H15NO4/c1-20-14-8-6-11(7-9-14)12-4-3-5-13(10-12)15(18)17-16(19)21-2/h3-10H,1-2H3,(H,17,18,19). The van der Waals surface area contributed by atoms with Crippen LogP contribution in [-0.4, -0.2) is 26.2 Å². The zero-order chi connectivity index (χ0) is 15.2. The maximum Gasteiger partial charge on any atom is 0.413 e. The topological polar surface area (TPSA) is 64.6 Å². The van der Waals surface area contributed by atoms with E-state index in [1.165, 1.54) is 7.11 Å². The van der Waals surface area contributed by atoms with Gasteiger partial charge in [0.1, 0.15) is 5.75 Å². The smallest absolute Gasteiger partial charge is 0.413 e. The van der Waals surface area contributed by atoms with Crippen LogP contribution in [0.2, 0.25) is 0 Å². The molecule has 0 radical (unpaired) electrons. The number of carbonyl (C=O) groups excluding carboxylic acids is 2. The number of methoxy groups -OCH3 is 2. The second-order valence-electron chi connectivity index (χ2n) is 4.26. The van der Waals surface area contributed by atoms with Crippen LogP contribution in [-0.2, 0) is 4.74 Å². The summed E-state index contributed by atoms with van der Waals surface area (Å²) in [6, 6.07) is 14.5. The van der Waals surface area contributed by atoms with Gasteiger partial charge < -0.3 is 9.47 Å². The molecule has 0 aliphatic heterocycles. The number of ether oxygens (including phenoxy) is 2. The van der Waals surface area contributed by atoms with E-state index in [-0.39, 0.29) is 0 Å². The largest absolute Gasteiger partial charge is 0.497 e. The van der Waals surface area contributed by atoms with E-state index in [2.05, 4.69) is 10.1 Å². The molecule has 0 saturated heterocycles. The van der Waals surface area contributed by atoms with E-state index >= 15 is 0 Å². The number of imide groups is 1. The van der Waals surface area contributed by atoms with E-state index in [0.29, 0.717) is 5.56 Å². The highest BCUT2D eigenvalue weighted by molar-refractivity contribution is 6.03. The second-order valence-corrected chi connectivity index (χ2v) is 4.26. The normalized spacial score (nSPS) is 9.81. The van der Waals surface area contributed by atoms with Gasteiger partial charge in [-0.15, -0.1) is 0 Å². The third kappa shape index (κ3) is 3.60. The maximum absolute atomic E-state index is 11.9. The van der Waals surface area contributed by atoms with Crippen LogP contribution in [0, 0.1) is 0 Å². The van der Waals surface area contributed by atoms with Gasteiger partial charge in [-0.1, -0.05) is 24.3 Å². The molecule has 0 heterocycles. The van der Waals surface area contributed by atoms with Crippen molar-refractivity contribution >= 4 is 12.0 Å². The summed E-state index contributed by atoms with van der Waals surface area (Å²) >= 11 is 0. The summed E-state index contributed by atoms with van der Waals surface area (Å²) in [5.74, 6) is 0.260. The van der Waals surface area contributed by atoms with Gasteiger partial charge in [0.25, 0.3) is 5.91 Å². The van der Waals surface area contributed by atoms with Crippen LogP contribution < -0.4 is 10.1 Å². The molecule has 0 aliphatic rings. The van der Waals surface area contributed by atoms with Crippen LogP contribution in [0.3, 0.4) is 0 Å². The summed E-state index contributed by atoms with van der Waals surface area (Å²) in [6.45, 7) is 0. The Morgan fingerprint density at radius 1 is 0.952 bits per heavy atom. The third-order valence-corrected chi connectivity index (χ3v) is 2.95. The van der Waals surface area contributed by atoms with Crippen LogP contribution in [0.1, 0.15) is 10.4 Å². The number of hydrogen-bond donors (Lipinski definition) is 1. The van der Waals surface area contributed by atoms with Crippen LogP contribution >= 0.6 is 0 Å². The van der Waals surface area contributed by atoms with Crippen molar-refractivity contribution in [2.45, 2.75) is 0 Å². The summed E-state index contributed by atoms with van der Waals surface area (Å²) in [5, 5.41) is 2.12. The Morgan fingerprint density at radius 2 is 1.67 bits per heavy atom. The van der Waals surface area contributed by atoms with Crippen LogP contribution in [0.15, 0.2) is 48.5 Å². The summed E-state index contributed by atoms with van der Waals surface area (Å²) in [5.41, 5.74) is 2.20. The monoisotopic (exact) mass is 285 g/mol. The number of nitrogens with one attached hydrogen (secondary N) is 1. The van der Waals surface area contributed by atoms with E-state index in [1.54, 1.807) is 25.3 Å². The second kappa shape index (κ2) is 6.56. The van der Waals surface area contributed by atoms with Gasteiger partial charge in [-0.3, -0.25) is 10.1 Å². The predicted octanol–water partition coefficient (Wildman–Crippen LogP) is 2.86. The highest BCUT2D eigenvalue weighted by Gasteiger charge is 2.11. The molecule has 0 aromatic heterocycles. The molecule has 2 aromatic rings. The molecule has 2 aromatic carbocycles. The van der Waals surface area contributed by atoms with Gasteiger partial charge in [-0.05, 0) is 35.4 Å². The van der Waals surface area contributed by atoms with Gasteiger partial charge in [0.05, 0.1) is 14.2 Å². The Bertz CT molecular complexity index is 650. The first-order valence-corrected chi connectivity index (χ1v) is 6.28. The van der Waals surface area contributed by atoms with Crippen molar-refractivity contribution < 1.29 is 19.1 Å². The SMILES string of the molecule is COC(=O)NC(=O)c1cccc(-c2ccc(OC)cc2)c1. The highest BCUT2D eigenvalue weighted by Crippen LogP contribution is 2.23. The average molecular weight is 285 g/mol. The maximum atomic E-state index is 11.9. The lowest BCUT2D eigenvalue weighted by Gasteiger charge is -2.07. The Morgan fingerprint density at radius 3 is 2.29 bits per heavy atom. The predicted molar refractivity (Wildman–Crippen MR) is 78.3 cm³/mol. The molecule has 0 aliphatic carbocycles. The van der Waals surface area contributed by atoms with Crippen molar-refractivity contribution in [3.8, 4) is 16.9 Å². The Hall–Kier alpha value is -2.82. The van der Waals surface area contributed by atoms with Gasteiger partial charge in [0, 0.05) is 5.56 Å². The molecule has 0 bridgehead atoms. The van der Waals surface area contributed by atoms with Crippen LogP contribution in [0.5, 0.6) is 5.75 Å². The van der Waals surface area contributed by atoms with Crippen LogP contribution in [0.25, 0.3) is 11.1 Å². The van der Waals surface area contributed by atoms with E-state index < -0.39 is 12.0 Å². The molecule has 21 heavy (non-hydrogen) atoms. The summed E-state index contributed by atoms with van der Waals surface area (Å²) in [6.07, 6.45) is -0.783. The van der Waals surface area contributed by atoms with E-state index in [1.807, 2.05) is 30.3 Å². The molecule has 1 N–H and O–H groups in total. The van der Waals surface area contributed by atoms with Crippen molar-refractivity contribution in [2.24, 2.45) is 0 Å². The van der Waals surface area contributed by atoms with E-state index in [4.69, 9.17) is 4.74 Å². The van der Waals surface area contributed by atoms with Gasteiger partial charge in [-0.2, -0.15) is 0 Å². The van der Waals surface area contributed by atoms with Crippen molar-refractivity contribution in [3.63, 3.8) is 0 Å². The van der Waals surface area contributed by atoms with Crippen molar-refractivity contribution in [1.82, 2.24) is 5.32 Å². The molecule has 0 saturated carbocycles. The van der Waals surface area contributed by atoms with Gasteiger partial charge >= 0.3 is 6.09 Å². The van der Waals surface area contributed by atoms with Crippen molar-refractivity contribution in [2.75, 3.05) is 14.2 Å². The summed E-state index contributed by atoms with van der Waals surface area (Å²) in [4.78, 5) is 22.9. The van der Waals surface area contributed by atoms with Crippen LogP contribution in [0.4, 0.5) is 4.79 Å². The minimum absolute atomic E-state index is 0.383. The molecule has 108 valence electrons. The molecule has 2 rings (SSSR count). The van der Waals surface area contributed by atoms with Gasteiger partial charge in [-0.25, -0.2) is 4.79 Å². The van der Waals surface area contributed by atoms with E-state index in [0.717, 1.165) is 16.9 Å². The summed E-state index contributed by atoms with van der Waals surface area (Å²) in [7, 11) is 2.81. The Balaban J connectivity index is 2.24. The quantitative estimate of drug-likeness (QED) is 0.941. The minimum atomic E-state index is -0.783. The molecule has 0 spiro atoms. The first kappa shape index (κ1) is 14.6. The molecule has 5 nitrogen and oxygen atoms in total. The summed E-state index contributed by atoms with van der Waals surface area (Å²) < 4.78 is 9.51. The van der Waals surface area contributed by atoms with Crippen molar-refractivity contribution in [1.29, 1.82) is 0 Å². The molecule has 5 heteroatoms. The zero-order valence-electron chi connectivity index (χ0n) is 11.8. The number of rotatable bonds is 3. The number of carbonyl (C=O) groups is 2.